The Bertz CT molecular complexity index is 596. The van der Waals surface area contributed by atoms with Crippen LogP contribution in [0.2, 0.25) is 5.02 Å². The molecule has 0 aromatic heterocycles. The summed E-state index contributed by atoms with van der Waals surface area (Å²) in [6, 6.07) is 11.2. The predicted molar refractivity (Wildman–Crippen MR) is 73.8 cm³/mol. The molecule has 0 aliphatic carbocycles. The molecule has 0 amide bonds. The number of aromatic hydroxyl groups is 1. The van der Waals surface area contributed by atoms with Crippen LogP contribution in [-0.2, 0) is 6.54 Å². The zero-order chi connectivity index (χ0) is 13.8. The number of carboxylic acids is 1. The number of hydrogen-bond acceptors (Lipinski definition) is 3. The number of phenols is 1. The van der Waals surface area contributed by atoms with E-state index in [2.05, 4.69) is 5.32 Å². The molecule has 0 atom stereocenters. The van der Waals surface area contributed by atoms with E-state index >= 15 is 0 Å². The van der Waals surface area contributed by atoms with Crippen molar-refractivity contribution < 1.29 is 15.0 Å². The van der Waals surface area contributed by atoms with Gasteiger partial charge in [-0.15, -0.1) is 0 Å². The summed E-state index contributed by atoms with van der Waals surface area (Å²) in [5.41, 5.74) is 1.70. The Kier molecular flexibility index (Phi) is 3.92. The van der Waals surface area contributed by atoms with Gasteiger partial charge in [-0.05, 0) is 35.9 Å². The minimum Gasteiger partial charge on any atom is -0.508 e. The monoisotopic (exact) mass is 277 g/mol. The van der Waals surface area contributed by atoms with Gasteiger partial charge in [0.2, 0.25) is 0 Å². The van der Waals surface area contributed by atoms with Gasteiger partial charge in [0.25, 0.3) is 0 Å². The minimum absolute atomic E-state index is 0.178. The number of aromatic carboxylic acids is 1. The van der Waals surface area contributed by atoms with Crippen LogP contribution in [-0.4, -0.2) is 16.2 Å². The van der Waals surface area contributed by atoms with Crippen LogP contribution in [0.1, 0.15) is 15.9 Å². The lowest BCUT2D eigenvalue weighted by Crippen LogP contribution is -2.02. The van der Waals surface area contributed by atoms with Crippen molar-refractivity contribution in [3.8, 4) is 5.75 Å². The maximum atomic E-state index is 10.9. The number of hydrogen-bond donors (Lipinski definition) is 3. The number of phenolic OH excluding ortho intramolecular Hbond substituents is 1. The molecular weight excluding hydrogens is 266 g/mol. The number of rotatable bonds is 4. The Labute approximate surface area is 115 Å². The number of nitrogens with one attached hydrogen (secondary N) is 1. The predicted octanol–water partition coefficient (Wildman–Crippen LogP) is 3.36. The smallest absolute Gasteiger partial charge is 0.335 e. The molecule has 4 nitrogen and oxygen atoms in total. The second kappa shape index (κ2) is 5.63. The normalized spacial score (nSPS) is 10.2. The molecule has 0 bridgehead atoms. The lowest BCUT2D eigenvalue weighted by Gasteiger charge is -2.09. The van der Waals surface area contributed by atoms with Crippen molar-refractivity contribution in [2.75, 3.05) is 5.32 Å². The summed E-state index contributed by atoms with van der Waals surface area (Å²) >= 11 is 6.00. The van der Waals surface area contributed by atoms with Crippen LogP contribution in [0, 0.1) is 0 Å². The third-order valence-corrected chi connectivity index (χ3v) is 2.96. The molecule has 0 spiro atoms. The van der Waals surface area contributed by atoms with Crippen molar-refractivity contribution in [3.63, 3.8) is 0 Å². The highest BCUT2D eigenvalue weighted by Crippen LogP contribution is 2.24. The lowest BCUT2D eigenvalue weighted by molar-refractivity contribution is 0.0697. The van der Waals surface area contributed by atoms with Crippen LogP contribution in [0.15, 0.2) is 42.5 Å². The van der Waals surface area contributed by atoms with E-state index in [9.17, 15) is 9.90 Å². The van der Waals surface area contributed by atoms with E-state index in [-0.39, 0.29) is 11.3 Å². The molecule has 0 heterocycles. The van der Waals surface area contributed by atoms with E-state index in [1.54, 1.807) is 30.3 Å². The Morgan fingerprint density at radius 2 is 1.84 bits per heavy atom. The number of benzene rings is 2. The Hall–Kier alpha value is -2.20. The molecule has 98 valence electrons. The van der Waals surface area contributed by atoms with Crippen LogP contribution in [0.25, 0.3) is 0 Å². The number of anilines is 1. The highest BCUT2D eigenvalue weighted by Gasteiger charge is 2.07. The first kappa shape index (κ1) is 13.2. The average Bonchev–Trinajstić information content (AvgIpc) is 2.39. The molecule has 0 radical (unpaired) electrons. The first-order valence-electron chi connectivity index (χ1n) is 5.61. The summed E-state index contributed by atoms with van der Waals surface area (Å²) in [5, 5.41) is 21.6. The fourth-order valence-electron chi connectivity index (χ4n) is 1.60. The summed E-state index contributed by atoms with van der Waals surface area (Å²) in [6.07, 6.45) is 0. The quantitative estimate of drug-likeness (QED) is 0.801. The van der Waals surface area contributed by atoms with Crippen LogP contribution in [0.4, 0.5) is 5.69 Å². The second-order valence-electron chi connectivity index (χ2n) is 4.02. The SMILES string of the molecule is O=C(O)c1ccc(Cl)c(NCc2ccc(O)cc2)c1. The van der Waals surface area contributed by atoms with Gasteiger partial charge >= 0.3 is 5.97 Å². The summed E-state index contributed by atoms with van der Waals surface area (Å²) in [7, 11) is 0. The zero-order valence-corrected chi connectivity index (χ0v) is 10.7. The molecule has 0 unspecified atom stereocenters. The molecule has 0 saturated carbocycles. The lowest BCUT2D eigenvalue weighted by atomic mass is 10.2. The Balaban J connectivity index is 2.12. The molecule has 3 N–H and O–H groups in total. The van der Waals surface area contributed by atoms with Crippen molar-refractivity contribution in [3.05, 3.63) is 58.6 Å². The number of carboxylic acid groups (broad SMARTS) is 1. The molecule has 2 aromatic rings. The first-order valence-corrected chi connectivity index (χ1v) is 5.98. The first-order chi connectivity index (χ1) is 9.06. The summed E-state index contributed by atoms with van der Waals surface area (Å²) in [5.74, 6) is -0.793. The second-order valence-corrected chi connectivity index (χ2v) is 4.43. The van der Waals surface area contributed by atoms with Gasteiger partial charge in [-0.2, -0.15) is 0 Å². The van der Waals surface area contributed by atoms with Crippen LogP contribution >= 0.6 is 11.6 Å². The fraction of sp³-hybridized carbons (Fsp3) is 0.0714. The molecule has 0 aliphatic rings. The standard InChI is InChI=1S/C14H12ClNO3/c15-12-6-3-10(14(18)19)7-13(12)16-8-9-1-4-11(17)5-2-9/h1-7,16-17H,8H2,(H,18,19). The fourth-order valence-corrected chi connectivity index (χ4v) is 1.79. The largest absolute Gasteiger partial charge is 0.508 e. The topological polar surface area (TPSA) is 69.6 Å². The summed E-state index contributed by atoms with van der Waals surface area (Å²) in [4.78, 5) is 10.9. The van der Waals surface area contributed by atoms with Gasteiger partial charge in [-0.1, -0.05) is 23.7 Å². The van der Waals surface area contributed by atoms with Crippen molar-refractivity contribution in [2.24, 2.45) is 0 Å². The van der Waals surface area contributed by atoms with E-state index in [0.29, 0.717) is 17.3 Å². The molecule has 0 aliphatic heterocycles. The Morgan fingerprint density at radius 3 is 2.47 bits per heavy atom. The van der Waals surface area contributed by atoms with Crippen molar-refractivity contribution in [1.82, 2.24) is 0 Å². The average molecular weight is 278 g/mol. The van der Waals surface area contributed by atoms with Gasteiger partial charge < -0.3 is 15.5 Å². The minimum atomic E-state index is -0.996. The van der Waals surface area contributed by atoms with E-state index in [1.165, 1.54) is 12.1 Å². The number of halogens is 1. The van der Waals surface area contributed by atoms with Gasteiger partial charge in [-0.25, -0.2) is 4.79 Å². The van der Waals surface area contributed by atoms with E-state index in [4.69, 9.17) is 16.7 Å². The van der Waals surface area contributed by atoms with Crippen LogP contribution in [0.3, 0.4) is 0 Å². The third-order valence-electron chi connectivity index (χ3n) is 2.63. The van der Waals surface area contributed by atoms with Gasteiger partial charge in [0.05, 0.1) is 16.3 Å². The van der Waals surface area contributed by atoms with Crippen molar-refractivity contribution >= 4 is 23.3 Å². The van der Waals surface area contributed by atoms with Crippen LogP contribution in [0.5, 0.6) is 5.75 Å². The summed E-state index contributed by atoms with van der Waals surface area (Å²) in [6.45, 7) is 0.489. The zero-order valence-electron chi connectivity index (χ0n) is 9.93. The van der Waals surface area contributed by atoms with Gasteiger partial charge in [0.15, 0.2) is 0 Å². The molecule has 5 heteroatoms. The molecule has 2 rings (SSSR count). The van der Waals surface area contributed by atoms with E-state index in [0.717, 1.165) is 5.56 Å². The van der Waals surface area contributed by atoms with Gasteiger partial charge in [0.1, 0.15) is 5.75 Å². The number of carbonyl (C=O) groups is 1. The third kappa shape index (κ3) is 3.39. The molecular formula is C14H12ClNO3. The molecule has 0 saturated heterocycles. The van der Waals surface area contributed by atoms with E-state index < -0.39 is 5.97 Å². The highest BCUT2D eigenvalue weighted by atomic mass is 35.5. The van der Waals surface area contributed by atoms with Crippen molar-refractivity contribution in [1.29, 1.82) is 0 Å². The maximum absolute atomic E-state index is 10.9. The highest BCUT2D eigenvalue weighted by molar-refractivity contribution is 6.33. The van der Waals surface area contributed by atoms with Crippen LogP contribution < -0.4 is 5.32 Å². The van der Waals surface area contributed by atoms with E-state index in [1.807, 2.05) is 0 Å². The Morgan fingerprint density at radius 1 is 1.16 bits per heavy atom. The molecule has 2 aromatic carbocycles. The van der Waals surface area contributed by atoms with Gasteiger partial charge in [0, 0.05) is 6.54 Å². The molecule has 0 fully saturated rings. The van der Waals surface area contributed by atoms with Gasteiger partial charge in [-0.3, -0.25) is 0 Å². The summed E-state index contributed by atoms with van der Waals surface area (Å²) < 4.78 is 0. The maximum Gasteiger partial charge on any atom is 0.335 e. The molecule has 19 heavy (non-hydrogen) atoms. The van der Waals surface area contributed by atoms with Crippen molar-refractivity contribution in [2.45, 2.75) is 6.54 Å².